The van der Waals surface area contributed by atoms with Gasteiger partial charge in [0, 0.05) is 36.5 Å². The summed E-state index contributed by atoms with van der Waals surface area (Å²) in [6.45, 7) is 1.89. The Morgan fingerprint density at radius 3 is 2.76 bits per heavy atom. The maximum Gasteiger partial charge on any atom is 0.342 e. The van der Waals surface area contributed by atoms with Crippen LogP contribution in [0.5, 0.6) is 5.75 Å². The van der Waals surface area contributed by atoms with Crippen LogP contribution in [0.2, 0.25) is 0 Å². The molecule has 0 saturated carbocycles. The molecule has 0 bridgehead atoms. The van der Waals surface area contributed by atoms with Crippen LogP contribution in [-0.2, 0) is 7.05 Å². The summed E-state index contributed by atoms with van der Waals surface area (Å²) in [4.78, 5) is 17.7. The van der Waals surface area contributed by atoms with Gasteiger partial charge in [0.1, 0.15) is 5.75 Å². The van der Waals surface area contributed by atoms with Crippen molar-refractivity contribution in [3.05, 3.63) is 53.0 Å². The van der Waals surface area contributed by atoms with Gasteiger partial charge in [-0.1, -0.05) is 0 Å². The zero-order chi connectivity index (χ0) is 20.3. The summed E-state index contributed by atoms with van der Waals surface area (Å²) < 4.78 is 10.5. The number of hydrogen-bond acceptors (Lipinski definition) is 5. The highest BCUT2D eigenvalue weighted by Crippen LogP contribution is 2.36. The molecule has 0 atom stereocenters. The number of H-pyrrole nitrogens is 1. The van der Waals surface area contributed by atoms with E-state index in [1.54, 1.807) is 31.5 Å². The number of nitrogens with zero attached hydrogens (tertiary/aromatic N) is 6. The summed E-state index contributed by atoms with van der Waals surface area (Å²) in [7, 11) is 3.46. The summed E-state index contributed by atoms with van der Waals surface area (Å²) in [6.07, 6.45) is 5.31. The molecule has 0 radical (unpaired) electrons. The van der Waals surface area contributed by atoms with Crippen LogP contribution in [0.25, 0.3) is 38.9 Å². The Labute approximate surface area is 178 Å². The van der Waals surface area contributed by atoms with Crippen molar-refractivity contribution < 1.29 is 4.74 Å². The van der Waals surface area contributed by atoms with Gasteiger partial charge in [-0.15, -0.1) is 0 Å². The lowest BCUT2D eigenvalue weighted by molar-refractivity contribution is 0.417. The number of aryl methyl sites for hydroxylation is 2. The molecule has 5 aromatic rings. The van der Waals surface area contributed by atoms with E-state index in [0.29, 0.717) is 5.75 Å². The quantitative estimate of drug-likeness (QED) is 0.384. The number of methoxy groups -OCH3 is 1. The Kier molecular flexibility index (Phi) is 3.98. The van der Waals surface area contributed by atoms with Crippen LogP contribution in [0.1, 0.15) is 5.69 Å². The molecule has 5 rings (SSSR count). The third-order valence-electron chi connectivity index (χ3n) is 4.94. The molecule has 0 aliphatic carbocycles. The van der Waals surface area contributed by atoms with E-state index in [1.165, 1.54) is 0 Å². The second-order valence-electron chi connectivity index (χ2n) is 6.69. The first-order valence-corrected chi connectivity index (χ1v) is 9.77. The van der Waals surface area contributed by atoms with E-state index < -0.39 is 0 Å². The number of benzene rings is 1. The summed E-state index contributed by atoms with van der Waals surface area (Å²) in [6, 6.07) is 5.71. The zero-order valence-electron chi connectivity index (χ0n) is 15.8. The molecule has 0 amide bonds. The Balaban J connectivity index is 1.96. The first-order chi connectivity index (χ1) is 14.0. The SMILES string of the molecule is COc1cc2ncc3c(c2cc1-c1cc[nH]n1)n(-c1cn(C)nc1C)c(=O)n3I. The number of pyridine rings is 1. The van der Waals surface area contributed by atoms with Crippen molar-refractivity contribution in [1.29, 1.82) is 0 Å². The number of aromatic amines is 1. The molecular weight excluding hydrogens is 485 g/mol. The molecule has 1 aromatic carbocycles. The van der Waals surface area contributed by atoms with Crippen LogP contribution in [0, 0.1) is 6.92 Å². The van der Waals surface area contributed by atoms with Gasteiger partial charge in [-0.05, 0) is 19.1 Å². The molecule has 1 N–H and O–H groups in total. The topological polar surface area (TPSA) is 95.6 Å². The average Bonchev–Trinajstić information content (AvgIpc) is 3.41. The van der Waals surface area contributed by atoms with Gasteiger partial charge >= 0.3 is 5.69 Å². The van der Waals surface area contributed by atoms with Crippen LogP contribution >= 0.6 is 22.9 Å². The van der Waals surface area contributed by atoms with Crippen molar-refractivity contribution in [1.82, 2.24) is 32.3 Å². The lowest BCUT2D eigenvalue weighted by Gasteiger charge is -2.10. The number of nitrogens with one attached hydrogen (secondary N) is 1. The fraction of sp³-hybridized carbons (Fsp3) is 0.158. The third kappa shape index (κ3) is 2.58. The van der Waals surface area contributed by atoms with Crippen molar-refractivity contribution in [2.75, 3.05) is 7.11 Å². The van der Waals surface area contributed by atoms with Gasteiger partial charge in [-0.25, -0.2) is 7.58 Å². The summed E-state index contributed by atoms with van der Waals surface area (Å²) >= 11 is 2.01. The van der Waals surface area contributed by atoms with Crippen LogP contribution in [0.3, 0.4) is 0 Å². The summed E-state index contributed by atoms with van der Waals surface area (Å²) in [5.74, 6) is 0.664. The highest BCUT2D eigenvalue weighted by atomic mass is 127. The molecule has 146 valence electrons. The normalized spacial score (nSPS) is 11.6. The minimum atomic E-state index is -0.164. The van der Waals surface area contributed by atoms with E-state index in [-0.39, 0.29) is 5.69 Å². The zero-order valence-corrected chi connectivity index (χ0v) is 18.0. The number of hydrogen-bond donors (Lipinski definition) is 1. The molecule has 0 aliphatic rings. The monoisotopic (exact) mass is 501 g/mol. The van der Waals surface area contributed by atoms with Gasteiger partial charge in [0.15, 0.2) is 0 Å². The van der Waals surface area contributed by atoms with Crippen molar-refractivity contribution in [2.45, 2.75) is 6.92 Å². The molecule has 0 unspecified atom stereocenters. The van der Waals surface area contributed by atoms with Gasteiger partial charge in [-0.2, -0.15) is 10.2 Å². The van der Waals surface area contributed by atoms with Crippen LogP contribution < -0.4 is 10.4 Å². The second kappa shape index (κ2) is 6.44. The van der Waals surface area contributed by atoms with E-state index in [1.807, 2.05) is 61.2 Å². The van der Waals surface area contributed by atoms with Crippen molar-refractivity contribution in [3.63, 3.8) is 0 Å². The van der Waals surface area contributed by atoms with Crippen molar-refractivity contribution >= 4 is 44.8 Å². The predicted molar refractivity (Wildman–Crippen MR) is 118 cm³/mol. The number of ether oxygens (including phenoxy) is 1. The standard InChI is InChI=1S/C19H16IN7O2/c1-10-16(9-25(2)24-10)26-18-12-6-11(13-4-5-22-23-13)17(29-3)7-14(12)21-8-15(18)27(20)19(26)28/h4-9H,1-3H3,(H,22,23). The van der Waals surface area contributed by atoms with E-state index >= 15 is 0 Å². The number of imidazole rings is 1. The Bertz CT molecular complexity index is 1440. The highest BCUT2D eigenvalue weighted by Gasteiger charge is 2.21. The van der Waals surface area contributed by atoms with Crippen LogP contribution in [0.4, 0.5) is 0 Å². The fourth-order valence-corrected chi connectivity index (χ4v) is 4.24. The largest absolute Gasteiger partial charge is 0.496 e. The number of halogens is 1. The predicted octanol–water partition coefficient (Wildman–Crippen LogP) is 2.98. The molecular formula is C19H16IN7O2. The summed E-state index contributed by atoms with van der Waals surface area (Å²) in [5.41, 5.74) is 5.13. The summed E-state index contributed by atoms with van der Waals surface area (Å²) in [5, 5.41) is 12.4. The minimum absolute atomic E-state index is 0.164. The van der Waals surface area contributed by atoms with E-state index in [9.17, 15) is 4.79 Å². The second-order valence-corrected chi connectivity index (χ2v) is 7.66. The van der Waals surface area contributed by atoms with E-state index in [4.69, 9.17) is 4.74 Å². The Morgan fingerprint density at radius 2 is 2.10 bits per heavy atom. The molecule has 29 heavy (non-hydrogen) atoms. The van der Waals surface area contributed by atoms with Crippen molar-refractivity contribution in [3.8, 4) is 22.7 Å². The van der Waals surface area contributed by atoms with Crippen LogP contribution in [-0.4, -0.2) is 39.4 Å². The lowest BCUT2D eigenvalue weighted by atomic mass is 10.1. The number of fused-ring (bicyclic) bond motifs is 3. The molecule has 0 fully saturated rings. The van der Waals surface area contributed by atoms with Gasteiger partial charge in [-0.3, -0.25) is 19.3 Å². The van der Waals surface area contributed by atoms with Gasteiger partial charge in [0.25, 0.3) is 0 Å². The smallest absolute Gasteiger partial charge is 0.342 e. The molecule has 0 saturated heterocycles. The fourth-order valence-electron chi connectivity index (χ4n) is 3.67. The maximum atomic E-state index is 13.1. The molecule has 10 heteroatoms. The number of aromatic nitrogens is 7. The molecule has 4 heterocycles. The Morgan fingerprint density at radius 1 is 1.28 bits per heavy atom. The van der Waals surface area contributed by atoms with Gasteiger partial charge in [0.05, 0.1) is 69.8 Å². The van der Waals surface area contributed by atoms with Gasteiger partial charge < -0.3 is 4.74 Å². The van der Waals surface area contributed by atoms with Crippen molar-refractivity contribution in [2.24, 2.45) is 7.05 Å². The first-order valence-electron chi connectivity index (χ1n) is 8.80. The third-order valence-corrected chi connectivity index (χ3v) is 5.87. The maximum absolute atomic E-state index is 13.1. The minimum Gasteiger partial charge on any atom is -0.496 e. The molecule has 0 aliphatic heterocycles. The lowest BCUT2D eigenvalue weighted by Crippen LogP contribution is -2.18. The first kappa shape index (κ1) is 17.9. The van der Waals surface area contributed by atoms with Crippen LogP contribution in [0.15, 0.2) is 41.6 Å². The van der Waals surface area contributed by atoms with E-state index in [0.717, 1.165) is 44.6 Å². The molecule has 4 aromatic heterocycles. The number of rotatable bonds is 3. The Hall–Kier alpha value is -3.15. The molecule has 9 nitrogen and oxygen atoms in total. The van der Waals surface area contributed by atoms with Gasteiger partial charge in [0.2, 0.25) is 0 Å². The average molecular weight is 501 g/mol. The molecule has 0 spiro atoms. The highest BCUT2D eigenvalue weighted by molar-refractivity contribution is 14.1. The van der Waals surface area contributed by atoms with E-state index in [2.05, 4.69) is 20.3 Å².